The molecule has 11 nitrogen and oxygen atoms in total. The van der Waals surface area contributed by atoms with Gasteiger partial charge in [0.25, 0.3) is 0 Å². The van der Waals surface area contributed by atoms with Crippen molar-refractivity contribution < 1.29 is 19.2 Å². The zero-order valence-electron chi connectivity index (χ0n) is 20.4. The van der Waals surface area contributed by atoms with E-state index in [4.69, 9.17) is 15.2 Å². The van der Waals surface area contributed by atoms with E-state index < -0.39 is 16.6 Å². The van der Waals surface area contributed by atoms with E-state index in [9.17, 15) is 14.9 Å². The van der Waals surface area contributed by atoms with Gasteiger partial charge in [-0.05, 0) is 43.5 Å². The van der Waals surface area contributed by atoms with Crippen molar-refractivity contribution in [1.29, 1.82) is 0 Å². The number of benzene rings is 1. The number of methoxy groups -OCH3 is 1. The highest BCUT2D eigenvalue weighted by atomic mass is 16.6. The standard InChI is InChI=1S/C24H34N6O5/c1-3-4-7-13-35-24-26-22(25)21(30(32)33)23(27-24)29(17-20(31)34-2)16-19-10-8-9-18(14-19)15-28-11-5-6-12-28/h8-10,14H,3-7,11-13,15-17H2,1-2H3,(H2,25,26,27). The van der Waals surface area contributed by atoms with Crippen molar-refractivity contribution >= 4 is 23.3 Å². The number of likely N-dealkylation sites (tertiary alicyclic amines) is 1. The zero-order chi connectivity index (χ0) is 25.2. The molecule has 2 heterocycles. The third-order valence-corrected chi connectivity index (χ3v) is 5.85. The first-order valence-electron chi connectivity index (χ1n) is 12.0. The fraction of sp³-hybridized carbons (Fsp3) is 0.542. The summed E-state index contributed by atoms with van der Waals surface area (Å²) in [6.45, 7) is 5.36. The molecular weight excluding hydrogens is 452 g/mol. The average molecular weight is 487 g/mol. The van der Waals surface area contributed by atoms with Gasteiger partial charge in [-0.3, -0.25) is 19.8 Å². The minimum Gasteiger partial charge on any atom is -0.468 e. The zero-order valence-corrected chi connectivity index (χ0v) is 20.4. The molecule has 0 spiro atoms. The predicted molar refractivity (Wildman–Crippen MR) is 132 cm³/mol. The smallest absolute Gasteiger partial charge is 0.353 e. The second-order valence-corrected chi connectivity index (χ2v) is 8.61. The Kier molecular flexibility index (Phi) is 9.59. The molecule has 0 atom stereocenters. The summed E-state index contributed by atoms with van der Waals surface area (Å²) >= 11 is 0. The Hall–Kier alpha value is -3.47. The summed E-state index contributed by atoms with van der Waals surface area (Å²) in [5.74, 6) is -0.957. The molecule has 0 radical (unpaired) electrons. The van der Waals surface area contributed by atoms with E-state index >= 15 is 0 Å². The molecule has 0 amide bonds. The number of esters is 1. The fourth-order valence-corrected chi connectivity index (χ4v) is 4.09. The summed E-state index contributed by atoms with van der Waals surface area (Å²) in [5, 5.41) is 11.9. The van der Waals surface area contributed by atoms with Crippen LogP contribution in [0.2, 0.25) is 0 Å². The van der Waals surface area contributed by atoms with Crippen molar-refractivity contribution in [2.75, 3.05) is 44.0 Å². The second-order valence-electron chi connectivity index (χ2n) is 8.61. The minimum atomic E-state index is -0.639. The Balaban J connectivity index is 1.91. The number of nitrogens with two attached hydrogens (primary N) is 1. The number of rotatable bonds is 13. The number of nitrogen functional groups attached to an aromatic ring is 1. The molecule has 0 saturated carbocycles. The Morgan fingerprint density at radius 2 is 1.97 bits per heavy atom. The Bertz CT molecular complexity index is 1010. The van der Waals surface area contributed by atoms with Gasteiger partial charge >= 0.3 is 17.7 Å². The number of hydrogen-bond acceptors (Lipinski definition) is 10. The molecule has 0 bridgehead atoms. The van der Waals surface area contributed by atoms with Gasteiger partial charge in [0.05, 0.1) is 18.6 Å². The maximum atomic E-state index is 12.2. The quantitative estimate of drug-likeness (QED) is 0.194. The molecule has 1 aromatic heterocycles. The number of aromatic nitrogens is 2. The number of carbonyl (C=O) groups is 1. The number of carbonyl (C=O) groups excluding carboxylic acids is 1. The molecule has 35 heavy (non-hydrogen) atoms. The maximum Gasteiger partial charge on any atom is 0.353 e. The van der Waals surface area contributed by atoms with Crippen LogP contribution in [0, 0.1) is 10.1 Å². The first kappa shape index (κ1) is 26.1. The number of nitro groups is 1. The summed E-state index contributed by atoms with van der Waals surface area (Å²) in [4.78, 5) is 35.6. The van der Waals surface area contributed by atoms with Crippen LogP contribution in [0.3, 0.4) is 0 Å². The van der Waals surface area contributed by atoms with E-state index in [0.29, 0.717) is 6.61 Å². The van der Waals surface area contributed by atoms with E-state index in [2.05, 4.69) is 27.9 Å². The molecule has 2 N–H and O–H groups in total. The summed E-state index contributed by atoms with van der Waals surface area (Å²) in [7, 11) is 1.27. The van der Waals surface area contributed by atoms with Gasteiger partial charge in [0.15, 0.2) is 0 Å². The van der Waals surface area contributed by atoms with E-state index in [-0.39, 0.29) is 30.7 Å². The van der Waals surface area contributed by atoms with Crippen LogP contribution in [-0.2, 0) is 22.6 Å². The number of unbranched alkanes of at least 4 members (excludes halogenated alkanes) is 2. The Labute approximate surface area is 205 Å². The third kappa shape index (κ3) is 7.51. The van der Waals surface area contributed by atoms with Crippen molar-refractivity contribution in [3.8, 4) is 6.01 Å². The molecule has 190 valence electrons. The van der Waals surface area contributed by atoms with Gasteiger partial charge in [0.2, 0.25) is 11.6 Å². The summed E-state index contributed by atoms with van der Waals surface area (Å²) in [6.07, 6.45) is 5.18. The van der Waals surface area contributed by atoms with Crippen LogP contribution >= 0.6 is 0 Å². The highest BCUT2D eigenvalue weighted by Crippen LogP contribution is 2.33. The maximum absolute atomic E-state index is 12.2. The average Bonchev–Trinajstić information content (AvgIpc) is 3.34. The summed E-state index contributed by atoms with van der Waals surface area (Å²) in [5.41, 5.74) is 7.49. The third-order valence-electron chi connectivity index (χ3n) is 5.85. The van der Waals surface area contributed by atoms with Crippen LogP contribution in [0.1, 0.15) is 50.2 Å². The predicted octanol–water partition coefficient (Wildman–Crippen LogP) is 3.31. The van der Waals surface area contributed by atoms with Crippen LogP contribution in [0.15, 0.2) is 24.3 Å². The molecular formula is C24H34N6O5. The van der Waals surface area contributed by atoms with Crippen molar-refractivity contribution in [2.45, 2.75) is 52.1 Å². The minimum absolute atomic E-state index is 0.0585. The first-order valence-corrected chi connectivity index (χ1v) is 12.0. The molecule has 11 heteroatoms. The van der Waals surface area contributed by atoms with Crippen molar-refractivity contribution in [1.82, 2.24) is 14.9 Å². The number of nitrogens with zero attached hydrogens (tertiary/aromatic N) is 5. The van der Waals surface area contributed by atoms with E-state index in [1.54, 1.807) is 0 Å². The first-order chi connectivity index (χ1) is 16.9. The molecule has 1 fully saturated rings. The van der Waals surface area contributed by atoms with Gasteiger partial charge < -0.3 is 20.1 Å². The van der Waals surface area contributed by atoms with Gasteiger partial charge in [-0.1, -0.05) is 44.0 Å². The lowest BCUT2D eigenvalue weighted by atomic mass is 10.1. The molecule has 1 saturated heterocycles. The van der Waals surface area contributed by atoms with Gasteiger partial charge in [-0.15, -0.1) is 0 Å². The molecule has 1 aliphatic rings. The lowest BCUT2D eigenvalue weighted by Gasteiger charge is -2.23. The molecule has 0 aliphatic carbocycles. The van der Waals surface area contributed by atoms with Crippen LogP contribution in [-0.4, -0.2) is 59.1 Å². The lowest BCUT2D eigenvalue weighted by molar-refractivity contribution is -0.383. The normalized spacial score (nSPS) is 13.5. The number of ether oxygens (including phenoxy) is 2. The lowest BCUT2D eigenvalue weighted by Crippen LogP contribution is -2.32. The van der Waals surface area contributed by atoms with Crippen molar-refractivity contribution in [2.24, 2.45) is 0 Å². The number of anilines is 2. The van der Waals surface area contributed by atoms with Crippen molar-refractivity contribution in [3.05, 3.63) is 45.5 Å². The molecule has 1 aromatic carbocycles. The topological polar surface area (TPSA) is 137 Å². The highest BCUT2D eigenvalue weighted by molar-refractivity contribution is 5.78. The Morgan fingerprint density at radius 1 is 1.23 bits per heavy atom. The molecule has 0 unspecified atom stereocenters. The molecule has 3 rings (SSSR count). The molecule has 2 aromatic rings. The second kappa shape index (κ2) is 12.8. The Morgan fingerprint density at radius 3 is 2.66 bits per heavy atom. The monoisotopic (exact) mass is 486 g/mol. The van der Waals surface area contributed by atoms with Gasteiger partial charge in [-0.25, -0.2) is 0 Å². The van der Waals surface area contributed by atoms with Crippen LogP contribution in [0.25, 0.3) is 0 Å². The summed E-state index contributed by atoms with van der Waals surface area (Å²) in [6, 6.07) is 7.90. The van der Waals surface area contributed by atoms with Crippen molar-refractivity contribution in [3.63, 3.8) is 0 Å². The van der Waals surface area contributed by atoms with Gasteiger partial charge in [-0.2, -0.15) is 9.97 Å². The van der Waals surface area contributed by atoms with Gasteiger partial charge in [0.1, 0.15) is 6.54 Å². The van der Waals surface area contributed by atoms with E-state index in [0.717, 1.165) is 50.0 Å². The fourth-order valence-electron chi connectivity index (χ4n) is 4.09. The summed E-state index contributed by atoms with van der Waals surface area (Å²) < 4.78 is 10.5. The highest BCUT2D eigenvalue weighted by Gasteiger charge is 2.29. The SMILES string of the molecule is CCCCCOc1nc(N)c([N+](=O)[O-])c(N(CC(=O)OC)Cc2cccc(CN3CCCC3)c2)n1. The van der Waals surface area contributed by atoms with Crippen LogP contribution < -0.4 is 15.4 Å². The van der Waals surface area contributed by atoms with Crippen LogP contribution in [0.5, 0.6) is 6.01 Å². The number of hydrogen-bond donors (Lipinski definition) is 1. The van der Waals surface area contributed by atoms with E-state index in [1.165, 1.54) is 24.9 Å². The van der Waals surface area contributed by atoms with Crippen LogP contribution in [0.4, 0.5) is 17.3 Å². The largest absolute Gasteiger partial charge is 0.468 e. The molecule has 1 aliphatic heterocycles. The van der Waals surface area contributed by atoms with E-state index in [1.807, 2.05) is 18.2 Å². The van der Waals surface area contributed by atoms with Gasteiger partial charge in [0, 0.05) is 13.1 Å².